The van der Waals surface area contributed by atoms with E-state index in [0.717, 1.165) is 30.0 Å². The number of nitrogens with zero attached hydrogens (tertiary/aromatic N) is 3. The number of furan rings is 1. The van der Waals surface area contributed by atoms with Crippen LogP contribution in [0.15, 0.2) is 65.1 Å². The molecule has 0 saturated carbocycles. The minimum absolute atomic E-state index is 0.108. The van der Waals surface area contributed by atoms with Crippen molar-refractivity contribution in [1.29, 1.82) is 0 Å². The number of ether oxygens (including phenoxy) is 1. The van der Waals surface area contributed by atoms with Crippen LogP contribution in [-0.2, 0) is 22.6 Å². The molecule has 1 aliphatic rings. The number of amides is 3. The Kier molecular flexibility index (Phi) is 9.51. The van der Waals surface area contributed by atoms with E-state index in [9.17, 15) is 14.0 Å². The number of nitrogens with one attached hydrogen (secondary N) is 1. The summed E-state index contributed by atoms with van der Waals surface area (Å²) in [7, 11) is 0. The second kappa shape index (κ2) is 13.2. The van der Waals surface area contributed by atoms with Gasteiger partial charge in [-0.25, -0.2) is 9.18 Å². The Morgan fingerprint density at radius 2 is 1.63 bits per heavy atom. The van der Waals surface area contributed by atoms with E-state index in [4.69, 9.17) is 9.15 Å². The Hall–Kier alpha value is -3.69. The SMILES string of the molecule is Cc1ccc(NC(=O)N(CCN2CCOCC2)CC(=O)N(Cc2ccc(F)cc2)Cc2ccc(C)o2)cc1. The maximum Gasteiger partial charge on any atom is 0.322 e. The van der Waals surface area contributed by atoms with Gasteiger partial charge in [0.2, 0.25) is 5.91 Å². The van der Waals surface area contributed by atoms with Crippen molar-refractivity contribution in [2.24, 2.45) is 0 Å². The molecule has 4 rings (SSSR count). The number of aryl methyl sites for hydroxylation is 2. The second-order valence-corrected chi connectivity index (χ2v) is 9.56. The largest absolute Gasteiger partial charge is 0.464 e. The lowest BCUT2D eigenvalue weighted by Gasteiger charge is -2.31. The Labute approximate surface area is 223 Å². The highest BCUT2D eigenvalue weighted by Crippen LogP contribution is 2.15. The Bertz CT molecular complexity index is 1190. The highest BCUT2D eigenvalue weighted by molar-refractivity contribution is 5.92. The number of carbonyl (C=O) groups excluding carboxylic acids is 2. The maximum atomic E-state index is 13.6. The van der Waals surface area contributed by atoms with Crippen LogP contribution in [-0.4, -0.2) is 72.6 Å². The van der Waals surface area contributed by atoms with Crippen molar-refractivity contribution in [1.82, 2.24) is 14.7 Å². The Morgan fingerprint density at radius 1 is 0.921 bits per heavy atom. The summed E-state index contributed by atoms with van der Waals surface area (Å²) in [5.41, 5.74) is 2.54. The first-order valence-corrected chi connectivity index (χ1v) is 12.9. The van der Waals surface area contributed by atoms with Gasteiger partial charge in [0.1, 0.15) is 23.9 Å². The van der Waals surface area contributed by atoms with Crippen molar-refractivity contribution in [3.8, 4) is 0 Å². The normalized spacial score (nSPS) is 13.8. The highest BCUT2D eigenvalue weighted by Gasteiger charge is 2.24. The minimum atomic E-state index is -0.342. The van der Waals surface area contributed by atoms with Crippen molar-refractivity contribution in [3.63, 3.8) is 0 Å². The first-order valence-electron chi connectivity index (χ1n) is 12.9. The molecule has 1 saturated heterocycles. The van der Waals surface area contributed by atoms with Crippen LogP contribution in [0.2, 0.25) is 0 Å². The summed E-state index contributed by atoms with van der Waals surface area (Å²) in [6, 6.07) is 16.9. The molecule has 2 aromatic carbocycles. The van der Waals surface area contributed by atoms with Gasteiger partial charge in [0.05, 0.1) is 19.8 Å². The van der Waals surface area contributed by atoms with Gasteiger partial charge in [-0.05, 0) is 55.8 Å². The molecule has 9 heteroatoms. The number of anilines is 1. The van der Waals surface area contributed by atoms with Crippen LogP contribution in [0.3, 0.4) is 0 Å². The van der Waals surface area contributed by atoms with Gasteiger partial charge < -0.3 is 24.3 Å². The van der Waals surface area contributed by atoms with E-state index < -0.39 is 0 Å². The number of halogens is 1. The summed E-state index contributed by atoms with van der Waals surface area (Å²) in [4.78, 5) is 32.4. The van der Waals surface area contributed by atoms with Crippen LogP contribution in [0.25, 0.3) is 0 Å². The predicted octanol–water partition coefficient (Wildman–Crippen LogP) is 4.43. The summed E-state index contributed by atoms with van der Waals surface area (Å²) >= 11 is 0. The molecule has 3 aromatic rings. The fourth-order valence-electron chi connectivity index (χ4n) is 4.24. The maximum absolute atomic E-state index is 13.6. The lowest BCUT2D eigenvalue weighted by atomic mass is 10.2. The van der Waals surface area contributed by atoms with Crippen molar-refractivity contribution >= 4 is 17.6 Å². The van der Waals surface area contributed by atoms with Crippen LogP contribution < -0.4 is 5.32 Å². The van der Waals surface area contributed by atoms with Crippen molar-refractivity contribution in [2.45, 2.75) is 26.9 Å². The van der Waals surface area contributed by atoms with Gasteiger partial charge in [0, 0.05) is 38.4 Å². The Morgan fingerprint density at radius 3 is 2.29 bits per heavy atom. The highest BCUT2D eigenvalue weighted by atomic mass is 19.1. The van der Waals surface area contributed by atoms with E-state index in [1.807, 2.05) is 50.2 Å². The van der Waals surface area contributed by atoms with E-state index in [1.54, 1.807) is 21.9 Å². The zero-order chi connectivity index (χ0) is 26.9. The first-order chi connectivity index (χ1) is 18.4. The molecule has 202 valence electrons. The van der Waals surface area contributed by atoms with E-state index >= 15 is 0 Å². The third-order valence-corrected chi connectivity index (χ3v) is 6.49. The van der Waals surface area contributed by atoms with Gasteiger partial charge >= 0.3 is 6.03 Å². The quantitative estimate of drug-likeness (QED) is 0.426. The molecule has 2 heterocycles. The number of hydrogen-bond donors (Lipinski definition) is 1. The molecule has 1 N–H and O–H groups in total. The van der Waals surface area contributed by atoms with Gasteiger partial charge in [-0.15, -0.1) is 0 Å². The molecular formula is C29H35FN4O4. The standard InChI is InChI=1S/C29H35FN4O4/c1-22-3-10-26(11-4-22)31-29(36)33(14-13-32-15-17-37-18-16-32)21-28(35)34(20-27-12-5-23(2)38-27)19-24-6-8-25(30)9-7-24/h3-12H,13-21H2,1-2H3,(H,31,36). The molecular weight excluding hydrogens is 487 g/mol. The summed E-state index contributed by atoms with van der Waals surface area (Å²) in [5.74, 6) is 0.820. The average Bonchev–Trinajstić information content (AvgIpc) is 3.33. The zero-order valence-corrected chi connectivity index (χ0v) is 22.0. The molecule has 1 fully saturated rings. The predicted molar refractivity (Wildman–Crippen MR) is 143 cm³/mol. The molecule has 0 atom stereocenters. The summed E-state index contributed by atoms with van der Waals surface area (Å²) in [5, 5.41) is 2.92. The molecule has 0 aliphatic carbocycles. The number of urea groups is 1. The molecule has 1 aromatic heterocycles. The fourth-order valence-corrected chi connectivity index (χ4v) is 4.24. The van der Waals surface area contributed by atoms with Gasteiger partial charge in [-0.3, -0.25) is 9.69 Å². The first kappa shape index (κ1) is 27.3. The number of hydrogen-bond acceptors (Lipinski definition) is 5. The summed E-state index contributed by atoms with van der Waals surface area (Å²) < 4.78 is 24.6. The molecule has 3 amide bonds. The molecule has 0 radical (unpaired) electrons. The molecule has 8 nitrogen and oxygen atoms in total. The molecule has 1 aliphatic heterocycles. The van der Waals surface area contributed by atoms with Crippen LogP contribution >= 0.6 is 0 Å². The molecule has 0 unspecified atom stereocenters. The topological polar surface area (TPSA) is 78.3 Å². The smallest absolute Gasteiger partial charge is 0.322 e. The zero-order valence-electron chi connectivity index (χ0n) is 22.0. The van der Waals surface area contributed by atoms with Crippen molar-refractivity contribution in [2.75, 3.05) is 51.3 Å². The van der Waals surface area contributed by atoms with E-state index in [0.29, 0.717) is 37.8 Å². The average molecular weight is 523 g/mol. The second-order valence-electron chi connectivity index (χ2n) is 9.56. The van der Waals surface area contributed by atoms with Gasteiger partial charge in [0.15, 0.2) is 0 Å². The number of benzene rings is 2. The number of morpholine rings is 1. The minimum Gasteiger partial charge on any atom is -0.464 e. The molecule has 0 bridgehead atoms. The van der Waals surface area contributed by atoms with Crippen LogP contribution in [0.5, 0.6) is 0 Å². The van der Waals surface area contributed by atoms with Crippen LogP contribution in [0.4, 0.5) is 14.9 Å². The summed E-state index contributed by atoms with van der Waals surface area (Å²) in [6.45, 7) is 8.12. The van der Waals surface area contributed by atoms with Gasteiger partial charge in [-0.2, -0.15) is 0 Å². The van der Waals surface area contributed by atoms with Crippen molar-refractivity contribution in [3.05, 3.63) is 89.1 Å². The molecule has 0 spiro atoms. The van der Waals surface area contributed by atoms with E-state index in [-0.39, 0.29) is 37.4 Å². The lowest BCUT2D eigenvalue weighted by molar-refractivity contribution is -0.133. The van der Waals surface area contributed by atoms with Crippen LogP contribution in [0, 0.1) is 19.7 Å². The van der Waals surface area contributed by atoms with Crippen LogP contribution in [0.1, 0.15) is 22.6 Å². The Balaban J connectivity index is 1.49. The van der Waals surface area contributed by atoms with E-state index in [2.05, 4.69) is 10.2 Å². The fraction of sp³-hybridized carbons (Fsp3) is 0.379. The monoisotopic (exact) mass is 522 g/mol. The van der Waals surface area contributed by atoms with Gasteiger partial charge in [-0.1, -0.05) is 29.8 Å². The lowest BCUT2D eigenvalue weighted by Crippen LogP contribution is -2.48. The molecule has 38 heavy (non-hydrogen) atoms. The summed E-state index contributed by atoms with van der Waals surface area (Å²) in [6.07, 6.45) is 0. The van der Waals surface area contributed by atoms with E-state index in [1.165, 1.54) is 12.1 Å². The number of carbonyl (C=O) groups is 2. The number of rotatable bonds is 10. The third kappa shape index (κ3) is 8.16. The van der Waals surface area contributed by atoms with Gasteiger partial charge in [0.25, 0.3) is 0 Å². The van der Waals surface area contributed by atoms with Crippen molar-refractivity contribution < 1.29 is 23.1 Å². The third-order valence-electron chi connectivity index (χ3n) is 6.49.